The molecule has 0 unspecified atom stereocenters. The Morgan fingerprint density at radius 3 is 2.44 bits per heavy atom. The first-order valence-electron chi connectivity index (χ1n) is 12.3. The second-order valence-electron chi connectivity index (χ2n) is 9.35. The number of hydrogen-bond acceptors (Lipinski definition) is 7. The molecular formula is C28H26ClFN6O2S. The first-order chi connectivity index (χ1) is 18.7. The number of anilines is 3. The average Bonchev–Trinajstić information content (AvgIpc) is 2.94. The minimum atomic E-state index is -3.52. The average molecular weight is 565 g/mol. The minimum absolute atomic E-state index is 0.0263. The summed E-state index contributed by atoms with van der Waals surface area (Å²) in [5, 5.41) is 16.9. The van der Waals surface area contributed by atoms with Crippen LogP contribution in [0.25, 0.3) is 10.9 Å². The lowest BCUT2D eigenvalue weighted by Gasteiger charge is -2.31. The Bertz CT molecular complexity index is 1670. The van der Waals surface area contributed by atoms with Crippen molar-refractivity contribution in [2.75, 3.05) is 43.9 Å². The van der Waals surface area contributed by atoms with E-state index in [0.717, 1.165) is 11.3 Å². The smallest absolute Gasteiger partial charge is 0.243 e. The van der Waals surface area contributed by atoms with Crippen LogP contribution in [-0.2, 0) is 16.6 Å². The van der Waals surface area contributed by atoms with Crippen molar-refractivity contribution < 1.29 is 12.8 Å². The monoisotopic (exact) mass is 564 g/mol. The molecule has 0 aliphatic carbocycles. The maximum atomic E-state index is 13.6. The van der Waals surface area contributed by atoms with Crippen molar-refractivity contribution in [1.29, 1.82) is 5.26 Å². The van der Waals surface area contributed by atoms with E-state index in [9.17, 15) is 18.1 Å². The Morgan fingerprint density at radius 2 is 1.74 bits per heavy atom. The summed E-state index contributed by atoms with van der Waals surface area (Å²) in [7, 11) is -1.53. The molecule has 1 aliphatic heterocycles. The molecule has 0 bridgehead atoms. The summed E-state index contributed by atoms with van der Waals surface area (Å²) in [6, 6.07) is 18.9. The maximum absolute atomic E-state index is 13.6. The Hall–Kier alpha value is -3.75. The van der Waals surface area contributed by atoms with Crippen LogP contribution in [0.3, 0.4) is 0 Å². The molecule has 4 aromatic rings. The summed E-state index contributed by atoms with van der Waals surface area (Å²) in [6.45, 7) is 2.86. The molecule has 1 saturated heterocycles. The molecule has 1 fully saturated rings. The second-order valence-corrected chi connectivity index (χ2v) is 11.7. The van der Waals surface area contributed by atoms with Crippen molar-refractivity contribution in [2.24, 2.45) is 0 Å². The lowest BCUT2D eigenvalue weighted by molar-refractivity contribution is 0.222. The number of halogens is 2. The fourth-order valence-corrected chi connectivity index (χ4v) is 6.00. The highest BCUT2D eigenvalue weighted by Gasteiger charge is 2.27. The summed E-state index contributed by atoms with van der Waals surface area (Å²) in [6.07, 6.45) is 1.49. The maximum Gasteiger partial charge on any atom is 0.243 e. The van der Waals surface area contributed by atoms with Crippen molar-refractivity contribution in [3.8, 4) is 6.07 Å². The molecule has 11 heteroatoms. The van der Waals surface area contributed by atoms with E-state index in [1.54, 1.807) is 30.3 Å². The predicted molar refractivity (Wildman–Crippen MR) is 151 cm³/mol. The minimum Gasteiger partial charge on any atom is -0.381 e. The van der Waals surface area contributed by atoms with E-state index >= 15 is 0 Å². The number of likely N-dealkylation sites (N-methyl/N-ethyl adjacent to an activating group) is 1. The second kappa shape index (κ2) is 11.2. The largest absolute Gasteiger partial charge is 0.381 e. The van der Waals surface area contributed by atoms with Crippen LogP contribution in [0, 0.1) is 17.1 Å². The molecule has 1 aromatic heterocycles. The fraction of sp³-hybridized carbons (Fsp3) is 0.214. The zero-order valence-corrected chi connectivity index (χ0v) is 22.7. The van der Waals surface area contributed by atoms with Crippen LogP contribution in [0.5, 0.6) is 0 Å². The standard InChI is InChI=1S/C28H26ClFN6O2S/c1-35-10-12-36(13-11-35)39(37,38)23-6-2-19(3-7-23)17-32-21-5-9-27-24(14-21)28(20(16-31)18-33-27)34-22-4-8-26(30)25(29)15-22/h2-9,14-15,18,32H,10-13,17H2,1H3,(H,33,34). The van der Waals surface area contributed by atoms with Gasteiger partial charge in [-0.15, -0.1) is 0 Å². The quantitative estimate of drug-likeness (QED) is 0.318. The van der Waals surface area contributed by atoms with Gasteiger partial charge in [-0.05, 0) is 61.1 Å². The summed E-state index contributed by atoms with van der Waals surface area (Å²) in [5.41, 5.74) is 3.78. The number of benzene rings is 3. The number of hydrogen-bond donors (Lipinski definition) is 2. The van der Waals surface area contributed by atoms with Crippen molar-refractivity contribution in [2.45, 2.75) is 11.4 Å². The Morgan fingerprint density at radius 1 is 1.03 bits per heavy atom. The molecule has 0 amide bonds. The van der Waals surface area contributed by atoms with Crippen LogP contribution < -0.4 is 10.6 Å². The number of fused-ring (bicyclic) bond motifs is 1. The first-order valence-corrected chi connectivity index (χ1v) is 14.1. The van der Waals surface area contributed by atoms with E-state index in [1.165, 1.54) is 22.6 Å². The predicted octanol–water partition coefficient (Wildman–Crippen LogP) is 5.19. The van der Waals surface area contributed by atoms with Gasteiger partial charge in [-0.3, -0.25) is 4.98 Å². The topological polar surface area (TPSA) is 101 Å². The van der Waals surface area contributed by atoms with Crippen molar-refractivity contribution >= 4 is 49.6 Å². The van der Waals surface area contributed by atoms with Crippen molar-refractivity contribution in [3.05, 3.63) is 88.8 Å². The van der Waals surface area contributed by atoms with Gasteiger partial charge in [0.25, 0.3) is 0 Å². The number of rotatable bonds is 7. The van der Waals surface area contributed by atoms with Crippen LogP contribution in [0.4, 0.5) is 21.5 Å². The van der Waals surface area contributed by atoms with Gasteiger partial charge in [0.1, 0.15) is 11.9 Å². The lowest BCUT2D eigenvalue weighted by atomic mass is 10.1. The number of nitrogens with zero attached hydrogens (tertiary/aromatic N) is 4. The van der Waals surface area contributed by atoms with E-state index in [4.69, 9.17) is 11.6 Å². The van der Waals surface area contributed by atoms with E-state index in [2.05, 4.69) is 26.6 Å². The molecule has 8 nitrogen and oxygen atoms in total. The molecule has 39 heavy (non-hydrogen) atoms. The number of pyridine rings is 1. The third kappa shape index (κ3) is 5.82. The molecule has 2 N–H and O–H groups in total. The molecule has 1 aliphatic rings. The summed E-state index contributed by atoms with van der Waals surface area (Å²) < 4.78 is 41.1. The summed E-state index contributed by atoms with van der Waals surface area (Å²) in [5.74, 6) is -0.529. The Labute approximate surface area is 231 Å². The third-order valence-corrected chi connectivity index (χ3v) is 8.90. The molecule has 3 aromatic carbocycles. The van der Waals surface area contributed by atoms with Gasteiger partial charge in [0.15, 0.2) is 0 Å². The Balaban J connectivity index is 1.34. The molecule has 200 valence electrons. The van der Waals surface area contributed by atoms with Gasteiger partial charge in [0, 0.05) is 55.7 Å². The summed E-state index contributed by atoms with van der Waals surface area (Å²) >= 11 is 5.94. The molecule has 2 heterocycles. The summed E-state index contributed by atoms with van der Waals surface area (Å²) in [4.78, 5) is 6.78. The SMILES string of the molecule is CN1CCN(S(=O)(=O)c2ccc(CNc3ccc4ncc(C#N)c(Nc5ccc(F)c(Cl)c5)c4c3)cc2)CC1. The van der Waals surface area contributed by atoms with Gasteiger partial charge < -0.3 is 15.5 Å². The van der Waals surface area contributed by atoms with Crippen molar-refractivity contribution in [1.82, 2.24) is 14.2 Å². The van der Waals surface area contributed by atoms with Crippen LogP contribution in [0.1, 0.15) is 11.1 Å². The molecular weight excluding hydrogens is 539 g/mol. The molecule has 0 saturated carbocycles. The molecule has 0 radical (unpaired) electrons. The van der Waals surface area contributed by atoms with Gasteiger partial charge in [-0.25, -0.2) is 12.8 Å². The van der Waals surface area contributed by atoms with Gasteiger partial charge >= 0.3 is 0 Å². The highest BCUT2D eigenvalue weighted by atomic mass is 35.5. The molecule has 5 rings (SSSR count). The van der Waals surface area contributed by atoms with Gasteiger partial charge in [0.2, 0.25) is 10.0 Å². The van der Waals surface area contributed by atoms with Crippen LogP contribution in [0.15, 0.2) is 71.8 Å². The zero-order valence-electron chi connectivity index (χ0n) is 21.2. The Kier molecular flexibility index (Phi) is 7.68. The van der Waals surface area contributed by atoms with Crippen LogP contribution in [0.2, 0.25) is 5.02 Å². The molecule has 0 spiro atoms. The third-order valence-electron chi connectivity index (χ3n) is 6.70. The van der Waals surface area contributed by atoms with Crippen LogP contribution >= 0.6 is 11.6 Å². The van der Waals surface area contributed by atoms with E-state index in [0.29, 0.717) is 60.6 Å². The number of nitrogens with one attached hydrogen (secondary N) is 2. The zero-order chi connectivity index (χ0) is 27.6. The molecule has 0 atom stereocenters. The van der Waals surface area contributed by atoms with E-state index in [1.807, 2.05) is 25.2 Å². The normalized spacial score (nSPS) is 14.7. The number of aromatic nitrogens is 1. The first kappa shape index (κ1) is 26.8. The lowest BCUT2D eigenvalue weighted by Crippen LogP contribution is -2.46. The van der Waals surface area contributed by atoms with Crippen LogP contribution in [-0.4, -0.2) is 55.8 Å². The number of nitriles is 1. The number of sulfonamides is 1. The van der Waals surface area contributed by atoms with Crippen molar-refractivity contribution in [3.63, 3.8) is 0 Å². The van der Waals surface area contributed by atoms with Gasteiger partial charge in [-0.2, -0.15) is 9.57 Å². The fourth-order valence-electron chi connectivity index (χ4n) is 4.40. The van der Waals surface area contributed by atoms with Gasteiger partial charge in [-0.1, -0.05) is 23.7 Å². The van der Waals surface area contributed by atoms with E-state index in [-0.39, 0.29) is 9.92 Å². The highest BCUT2D eigenvalue weighted by Crippen LogP contribution is 2.32. The number of piperazine rings is 1. The van der Waals surface area contributed by atoms with E-state index < -0.39 is 15.8 Å². The highest BCUT2D eigenvalue weighted by molar-refractivity contribution is 7.89. The van der Waals surface area contributed by atoms with Gasteiger partial charge in [0.05, 0.1) is 26.7 Å².